The number of hydrogen-bond acceptors (Lipinski definition) is 3. The summed E-state index contributed by atoms with van der Waals surface area (Å²) in [7, 11) is 0. The van der Waals surface area contributed by atoms with Crippen LogP contribution in [-0.4, -0.2) is 22.1 Å². The number of imidazole rings is 1. The number of carbonyl (C=O) groups is 1. The van der Waals surface area contributed by atoms with Crippen LogP contribution < -0.4 is 5.73 Å². The van der Waals surface area contributed by atoms with Crippen molar-refractivity contribution < 1.29 is 13.9 Å². The first-order chi connectivity index (χ1) is 15.3. The van der Waals surface area contributed by atoms with Crippen LogP contribution >= 0.6 is 15.9 Å². The van der Waals surface area contributed by atoms with Gasteiger partial charge in [0.2, 0.25) is 5.91 Å². The first kappa shape index (κ1) is 22.1. The van der Waals surface area contributed by atoms with E-state index < -0.39 is 11.0 Å². The molecule has 3 saturated carbocycles. The molecule has 0 atom stereocenters. The number of primary amides is 1. The highest BCUT2D eigenvalue weighted by molar-refractivity contribution is 9.10. The molecule has 1 amide bonds. The molecule has 1 aromatic carbocycles. The number of rotatable bonds is 8. The lowest BCUT2D eigenvalue weighted by Crippen LogP contribution is -2.49. The Morgan fingerprint density at radius 2 is 1.78 bits per heavy atom. The molecule has 0 bridgehead atoms. The summed E-state index contributed by atoms with van der Waals surface area (Å²) in [5.41, 5.74) is 6.55. The van der Waals surface area contributed by atoms with Crippen molar-refractivity contribution >= 4 is 21.8 Å². The molecule has 2 aromatic rings. The van der Waals surface area contributed by atoms with Gasteiger partial charge in [0.25, 0.3) is 0 Å². The first-order valence-corrected chi connectivity index (χ1v) is 12.6. The van der Waals surface area contributed by atoms with Crippen LogP contribution in [0.15, 0.2) is 28.9 Å². The molecule has 3 aliphatic carbocycles. The van der Waals surface area contributed by atoms with Gasteiger partial charge in [-0.1, -0.05) is 12.1 Å². The SMILES string of the molecule is Cc1c(Br)nc([C@]2(OCC3CC3)CC[C@](C(N)=O)(c3ccc(F)cc3)CC2)n1CC1CC1. The van der Waals surface area contributed by atoms with E-state index in [4.69, 9.17) is 15.5 Å². The van der Waals surface area contributed by atoms with E-state index in [2.05, 4.69) is 27.4 Å². The fraction of sp³-hybridized carbons (Fsp3) is 0.600. The summed E-state index contributed by atoms with van der Waals surface area (Å²) < 4.78 is 23.5. The maximum Gasteiger partial charge on any atom is 0.228 e. The Balaban J connectivity index is 1.49. The maximum atomic E-state index is 13.5. The van der Waals surface area contributed by atoms with Gasteiger partial charge in [-0.2, -0.15) is 0 Å². The molecule has 0 spiro atoms. The molecule has 3 fully saturated rings. The van der Waals surface area contributed by atoms with Crippen molar-refractivity contribution in [2.45, 2.75) is 75.9 Å². The Labute approximate surface area is 197 Å². The predicted octanol–water partition coefficient (Wildman–Crippen LogP) is 5.12. The number of nitrogens with two attached hydrogens (primary N) is 1. The minimum absolute atomic E-state index is 0.311. The Kier molecular flexibility index (Phi) is 5.69. The average Bonchev–Trinajstić information content (AvgIpc) is 3.70. The molecule has 0 unspecified atom stereocenters. The van der Waals surface area contributed by atoms with E-state index in [9.17, 15) is 9.18 Å². The highest BCUT2D eigenvalue weighted by atomic mass is 79.9. The molecule has 1 heterocycles. The van der Waals surface area contributed by atoms with Gasteiger partial charge in [0.05, 0.1) is 12.0 Å². The van der Waals surface area contributed by atoms with Gasteiger partial charge in [-0.15, -0.1) is 0 Å². The normalized spacial score (nSPS) is 28.1. The molecule has 5 nitrogen and oxygen atoms in total. The monoisotopic (exact) mass is 503 g/mol. The van der Waals surface area contributed by atoms with Crippen molar-refractivity contribution in [2.75, 3.05) is 6.61 Å². The molecule has 1 aromatic heterocycles. The number of aromatic nitrogens is 2. The summed E-state index contributed by atoms with van der Waals surface area (Å²) in [5.74, 6) is 1.66. The second-order valence-corrected chi connectivity index (χ2v) is 10.8. The van der Waals surface area contributed by atoms with Crippen molar-refractivity contribution in [3.63, 3.8) is 0 Å². The lowest BCUT2D eigenvalue weighted by Gasteiger charge is -2.45. The summed E-state index contributed by atoms with van der Waals surface area (Å²) in [6.45, 7) is 3.80. The van der Waals surface area contributed by atoms with Crippen LogP contribution in [0.2, 0.25) is 0 Å². The molecule has 2 N–H and O–H groups in total. The number of nitrogens with zero attached hydrogens (tertiary/aromatic N) is 2. The summed E-state index contributed by atoms with van der Waals surface area (Å²) in [5, 5.41) is 0. The Morgan fingerprint density at radius 1 is 1.16 bits per heavy atom. The van der Waals surface area contributed by atoms with Gasteiger partial charge in [0, 0.05) is 12.2 Å². The van der Waals surface area contributed by atoms with Crippen molar-refractivity contribution in [2.24, 2.45) is 17.6 Å². The van der Waals surface area contributed by atoms with E-state index in [0.29, 0.717) is 37.5 Å². The molecular weight excluding hydrogens is 473 g/mol. The zero-order valence-electron chi connectivity index (χ0n) is 18.6. The van der Waals surface area contributed by atoms with E-state index in [1.165, 1.54) is 37.8 Å². The van der Waals surface area contributed by atoms with Crippen LogP contribution in [0.1, 0.15) is 68.4 Å². The van der Waals surface area contributed by atoms with Crippen LogP contribution in [0.25, 0.3) is 0 Å². The number of benzene rings is 1. The smallest absolute Gasteiger partial charge is 0.228 e. The molecule has 5 rings (SSSR count). The van der Waals surface area contributed by atoms with E-state index in [-0.39, 0.29) is 11.7 Å². The highest BCUT2D eigenvalue weighted by Gasteiger charge is 2.51. The summed E-state index contributed by atoms with van der Waals surface area (Å²) >= 11 is 3.65. The zero-order valence-corrected chi connectivity index (χ0v) is 20.2. The van der Waals surface area contributed by atoms with Crippen LogP contribution in [0, 0.1) is 24.6 Å². The maximum absolute atomic E-state index is 13.5. The highest BCUT2D eigenvalue weighted by Crippen LogP contribution is 2.50. The van der Waals surface area contributed by atoms with Gasteiger partial charge in [0.15, 0.2) is 0 Å². The summed E-state index contributed by atoms with van der Waals surface area (Å²) in [4.78, 5) is 17.7. The predicted molar refractivity (Wildman–Crippen MR) is 123 cm³/mol. The van der Waals surface area contributed by atoms with Crippen LogP contribution in [0.4, 0.5) is 4.39 Å². The second kappa shape index (κ2) is 8.24. The first-order valence-electron chi connectivity index (χ1n) is 11.8. The number of hydrogen-bond donors (Lipinski definition) is 1. The molecule has 0 aliphatic heterocycles. The molecular formula is C25H31BrFN3O2. The third-order valence-electron chi connectivity index (χ3n) is 7.78. The Bertz CT molecular complexity index is 1000. The minimum Gasteiger partial charge on any atom is -0.369 e. The topological polar surface area (TPSA) is 70.1 Å². The molecule has 3 aliphatic rings. The fourth-order valence-electron chi connectivity index (χ4n) is 5.16. The molecule has 0 radical (unpaired) electrons. The number of amides is 1. The molecule has 7 heteroatoms. The van der Waals surface area contributed by atoms with Crippen molar-refractivity contribution in [3.05, 3.63) is 51.8 Å². The van der Waals surface area contributed by atoms with Crippen molar-refractivity contribution in [1.29, 1.82) is 0 Å². The number of carbonyl (C=O) groups excluding carboxylic acids is 1. The van der Waals surface area contributed by atoms with E-state index in [0.717, 1.165) is 34.8 Å². The third kappa shape index (κ3) is 4.03. The van der Waals surface area contributed by atoms with E-state index >= 15 is 0 Å². The van der Waals surface area contributed by atoms with Crippen LogP contribution in [0.5, 0.6) is 0 Å². The van der Waals surface area contributed by atoms with Gasteiger partial charge in [0.1, 0.15) is 21.8 Å². The summed E-state index contributed by atoms with van der Waals surface area (Å²) in [6.07, 6.45) is 7.41. The zero-order chi connectivity index (χ0) is 22.5. The standard InChI is InChI=1S/C25H31BrFN3O2/c1-16-21(26)29-23(30(16)14-17-2-3-17)25(32-15-18-4-5-18)12-10-24(11-13-25,22(28)31)19-6-8-20(27)9-7-19/h6-9,17-18H,2-5,10-15H2,1H3,(H2,28,31)/t24-,25+. The molecule has 172 valence electrons. The van der Waals surface area contributed by atoms with Gasteiger partial charge >= 0.3 is 0 Å². The molecule has 0 saturated heterocycles. The largest absolute Gasteiger partial charge is 0.369 e. The van der Waals surface area contributed by atoms with E-state index in [1.54, 1.807) is 12.1 Å². The fourth-order valence-corrected chi connectivity index (χ4v) is 5.54. The number of ether oxygens (including phenoxy) is 1. The average molecular weight is 504 g/mol. The third-order valence-corrected chi connectivity index (χ3v) is 8.53. The Morgan fingerprint density at radius 3 is 2.34 bits per heavy atom. The quantitative estimate of drug-likeness (QED) is 0.543. The minimum atomic E-state index is -0.805. The number of halogens is 2. The van der Waals surface area contributed by atoms with Gasteiger partial charge in [-0.05, 0) is 104 Å². The van der Waals surface area contributed by atoms with Crippen LogP contribution in [-0.2, 0) is 27.1 Å². The van der Waals surface area contributed by atoms with Gasteiger partial charge in [-0.3, -0.25) is 4.79 Å². The van der Waals surface area contributed by atoms with Gasteiger partial charge < -0.3 is 15.0 Å². The second-order valence-electron chi connectivity index (χ2n) is 10.1. The Hall–Kier alpha value is -1.73. The van der Waals surface area contributed by atoms with Gasteiger partial charge in [-0.25, -0.2) is 9.37 Å². The van der Waals surface area contributed by atoms with Crippen molar-refractivity contribution in [1.82, 2.24) is 9.55 Å². The van der Waals surface area contributed by atoms with Crippen LogP contribution in [0.3, 0.4) is 0 Å². The van der Waals surface area contributed by atoms with E-state index in [1.807, 2.05) is 0 Å². The lowest BCUT2D eigenvalue weighted by molar-refractivity contribution is -0.133. The molecule has 32 heavy (non-hydrogen) atoms. The lowest BCUT2D eigenvalue weighted by atomic mass is 9.64. The van der Waals surface area contributed by atoms with Crippen molar-refractivity contribution in [3.8, 4) is 0 Å². The summed E-state index contributed by atoms with van der Waals surface area (Å²) in [6, 6.07) is 6.22.